The molecule has 0 radical (unpaired) electrons. The number of benzene rings is 1. The van der Waals surface area contributed by atoms with Crippen molar-refractivity contribution < 1.29 is 9.84 Å². The highest BCUT2D eigenvalue weighted by Gasteiger charge is 2.10. The van der Waals surface area contributed by atoms with Crippen LogP contribution in [-0.4, -0.2) is 22.0 Å². The average molecular weight is 246 g/mol. The van der Waals surface area contributed by atoms with Gasteiger partial charge in [0, 0.05) is 11.3 Å². The van der Waals surface area contributed by atoms with Gasteiger partial charge in [0.1, 0.15) is 5.75 Å². The van der Waals surface area contributed by atoms with Crippen molar-refractivity contribution in [3.8, 4) is 11.4 Å². The number of methoxy groups -OCH3 is 1. The van der Waals surface area contributed by atoms with Gasteiger partial charge in [0.15, 0.2) is 0 Å². The summed E-state index contributed by atoms with van der Waals surface area (Å²) in [6.45, 7) is 2.15. The first-order chi connectivity index (χ1) is 8.80. The summed E-state index contributed by atoms with van der Waals surface area (Å²) in [4.78, 5) is 0. The summed E-state index contributed by atoms with van der Waals surface area (Å²) in [5.74, 6) is 0.824. The number of aliphatic hydroxyl groups is 1. The predicted molar refractivity (Wildman–Crippen MR) is 70.0 cm³/mol. The molecule has 1 N–H and O–H groups in total. The largest absolute Gasteiger partial charge is 0.497 e. The van der Waals surface area contributed by atoms with Gasteiger partial charge in [-0.05, 0) is 30.7 Å². The molecule has 2 rings (SSSR count). The van der Waals surface area contributed by atoms with E-state index in [4.69, 9.17) is 4.74 Å². The monoisotopic (exact) mass is 246 g/mol. The Morgan fingerprint density at radius 2 is 2.00 bits per heavy atom. The second kappa shape index (κ2) is 5.69. The molecule has 18 heavy (non-hydrogen) atoms. The molecule has 1 aromatic heterocycles. The predicted octanol–water partition coefficient (Wildman–Crippen LogP) is 2.33. The van der Waals surface area contributed by atoms with Crippen molar-refractivity contribution in [2.75, 3.05) is 7.11 Å². The first-order valence-electron chi connectivity index (χ1n) is 6.11. The topological polar surface area (TPSA) is 47.3 Å². The van der Waals surface area contributed by atoms with E-state index in [9.17, 15) is 5.11 Å². The van der Waals surface area contributed by atoms with E-state index in [1.807, 2.05) is 28.9 Å². The van der Waals surface area contributed by atoms with Crippen LogP contribution in [0.25, 0.3) is 5.69 Å². The maximum Gasteiger partial charge on any atom is 0.119 e. The molecular weight excluding hydrogens is 228 g/mol. The molecule has 4 nitrogen and oxygen atoms in total. The molecule has 0 atom stereocenters. The number of rotatable bonds is 5. The van der Waals surface area contributed by atoms with Gasteiger partial charge in [0.2, 0.25) is 0 Å². The number of hydrogen-bond donors (Lipinski definition) is 1. The summed E-state index contributed by atoms with van der Waals surface area (Å²) in [6.07, 6.45) is 3.66. The molecule has 0 spiro atoms. The highest BCUT2D eigenvalue weighted by molar-refractivity contribution is 5.39. The van der Waals surface area contributed by atoms with Gasteiger partial charge in [-0.25, -0.2) is 4.68 Å². The lowest BCUT2D eigenvalue weighted by molar-refractivity contribution is 0.280. The molecule has 1 heterocycles. The molecule has 0 saturated carbocycles. The highest BCUT2D eigenvalue weighted by atomic mass is 16.5. The highest BCUT2D eigenvalue weighted by Crippen LogP contribution is 2.19. The smallest absolute Gasteiger partial charge is 0.119 e. The zero-order valence-electron chi connectivity index (χ0n) is 10.8. The van der Waals surface area contributed by atoms with Crippen molar-refractivity contribution in [2.45, 2.75) is 26.4 Å². The summed E-state index contributed by atoms with van der Waals surface area (Å²) < 4.78 is 7.02. The Hall–Kier alpha value is -1.81. The fraction of sp³-hybridized carbons (Fsp3) is 0.357. The molecule has 1 aromatic carbocycles. The van der Waals surface area contributed by atoms with Crippen LogP contribution in [0.2, 0.25) is 0 Å². The van der Waals surface area contributed by atoms with E-state index < -0.39 is 0 Å². The number of ether oxygens (including phenoxy) is 1. The number of aliphatic hydroxyl groups excluding tert-OH is 1. The third-order valence-electron chi connectivity index (χ3n) is 2.93. The lowest BCUT2D eigenvalue weighted by Gasteiger charge is -2.09. The molecule has 96 valence electrons. The summed E-state index contributed by atoms with van der Waals surface area (Å²) in [5.41, 5.74) is 2.96. The van der Waals surface area contributed by atoms with Crippen molar-refractivity contribution in [1.82, 2.24) is 9.78 Å². The standard InChI is InChI=1S/C14H18N2O2/c1-3-4-14-11(10-17)9-15-16(14)12-5-7-13(18-2)8-6-12/h5-9,17H,3-4,10H2,1-2H3. The van der Waals surface area contributed by atoms with Gasteiger partial charge in [0.25, 0.3) is 0 Å². The minimum absolute atomic E-state index is 0.0332. The molecule has 0 aliphatic carbocycles. The van der Waals surface area contributed by atoms with Crippen molar-refractivity contribution in [2.24, 2.45) is 0 Å². The first kappa shape index (κ1) is 12.6. The quantitative estimate of drug-likeness (QED) is 0.880. The molecular formula is C14H18N2O2. The van der Waals surface area contributed by atoms with Gasteiger partial charge in [-0.2, -0.15) is 5.10 Å². The fourth-order valence-electron chi connectivity index (χ4n) is 1.99. The van der Waals surface area contributed by atoms with Gasteiger partial charge in [-0.3, -0.25) is 0 Å². The number of hydrogen-bond acceptors (Lipinski definition) is 3. The maximum atomic E-state index is 9.31. The van der Waals surface area contributed by atoms with Crippen molar-refractivity contribution in [3.05, 3.63) is 41.7 Å². The molecule has 2 aromatic rings. The van der Waals surface area contributed by atoms with Gasteiger partial charge < -0.3 is 9.84 Å². The van der Waals surface area contributed by atoms with Crippen molar-refractivity contribution in [1.29, 1.82) is 0 Å². The second-order valence-electron chi connectivity index (χ2n) is 4.13. The van der Waals surface area contributed by atoms with Crippen LogP contribution in [0.1, 0.15) is 24.6 Å². The van der Waals surface area contributed by atoms with Crippen LogP contribution in [-0.2, 0) is 13.0 Å². The van der Waals surface area contributed by atoms with E-state index in [0.29, 0.717) is 0 Å². The summed E-state index contributed by atoms with van der Waals surface area (Å²) in [7, 11) is 1.65. The Morgan fingerprint density at radius 3 is 2.56 bits per heavy atom. The van der Waals surface area contributed by atoms with Crippen LogP contribution in [0.4, 0.5) is 0 Å². The molecule has 4 heteroatoms. The third-order valence-corrected chi connectivity index (χ3v) is 2.93. The van der Waals surface area contributed by atoms with Crippen LogP contribution < -0.4 is 4.74 Å². The van der Waals surface area contributed by atoms with Crippen LogP contribution in [0.5, 0.6) is 5.75 Å². The van der Waals surface area contributed by atoms with Crippen molar-refractivity contribution >= 4 is 0 Å². The Morgan fingerprint density at radius 1 is 1.28 bits per heavy atom. The number of aromatic nitrogens is 2. The van der Waals surface area contributed by atoms with Gasteiger partial charge in [-0.15, -0.1) is 0 Å². The number of nitrogens with zero attached hydrogens (tertiary/aromatic N) is 2. The molecule has 0 fully saturated rings. The summed E-state index contributed by atoms with van der Waals surface area (Å²) in [6, 6.07) is 7.75. The van der Waals surface area contributed by atoms with Gasteiger partial charge in [-0.1, -0.05) is 13.3 Å². The average Bonchev–Trinajstić information content (AvgIpc) is 2.82. The molecule has 0 saturated heterocycles. The molecule has 0 amide bonds. The van der Waals surface area contributed by atoms with Crippen LogP contribution in [0.3, 0.4) is 0 Å². The van der Waals surface area contributed by atoms with E-state index in [-0.39, 0.29) is 6.61 Å². The van der Waals surface area contributed by atoms with Gasteiger partial charge >= 0.3 is 0 Å². The lowest BCUT2D eigenvalue weighted by Crippen LogP contribution is -2.03. The van der Waals surface area contributed by atoms with E-state index >= 15 is 0 Å². The zero-order valence-corrected chi connectivity index (χ0v) is 10.8. The molecule has 0 aliphatic rings. The Balaban J connectivity index is 2.39. The van der Waals surface area contributed by atoms with E-state index in [0.717, 1.165) is 35.5 Å². The first-order valence-corrected chi connectivity index (χ1v) is 6.11. The summed E-state index contributed by atoms with van der Waals surface area (Å²) >= 11 is 0. The lowest BCUT2D eigenvalue weighted by atomic mass is 10.1. The Kier molecular flexibility index (Phi) is 3.99. The third kappa shape index (κ3) is 2.38. The van der Waals surface area contributed by atoms with E-state index in [1.54, 1.807) is 13.3 Å². The SMILES string of the molecule is CCCc1c(CO)cnn1-c1ccc(OC)cc1. The molecule has 0 bridgehead atoms. The minimum Gasteiger partial charge on any atom is -0.497 e. The zero-order chi connectivity index (χ0) is 13.0. The normalized spacial score (nSPS) is 10.6. The van der Waals surface area contributed by atoms with Gasteiger partial charge in [0.05, 0.1) is 25.6 Å². The van der Waals surface area contributed by atoms with E-state index in [1.165, 1.54) is 0 Å². The Labute approximate surface area is 107 Å². The van der Waals surface area contributed by atoms with Crippen molar-refractivity contribution in [3.63, 3.8) is 0 Å². The Bertz CT molecular complexity index is 503. The van der Waals surface area contributed by atoms with Crippen LogP contribution in [0.15, 0.2) is 30.5 Å². The minimum atomic E-state index is 0.0332. The molecule has 0 unspecified atom stereocenters. The van der Waals surface area contributed by atoms with Crippen LogP contribution >= 0.6 is 0 Å². The molecule has 0 aliphatic heterocycles. The summed E-state index contributed by atoms with van der Waals surface area (Å²) in [5, 5.41) is 13.7. The maximum absolute atomic E-state index is 9.31. The van der Waals surface area contributed by atoms with Crippen LogP contribution in [0, 0.1) is 0 Å². The fourth-order valence-corrected chi connectivity index (χ4v) is 1.99. The van der Waals surface area contributed by atoms with E-state index in [2.05, 4.69) is 12.0 Å². The second-order valence-corrected chi connectivity index (χ2v) is 4.13.